The molecule has 0 heterocycles. The van der Waals surface area contributed by atoms with Gasteiger partial charge in [0.1, 0.15) is 0 Å². The maximum atomic E-state index is 10.7. The van der Waals surface area contributed by atoms with Crippen molar-refractivity contribution in [1.82, 2.24) is 4.90 Å². The summed E-state index contributed by atoms with van der Waals surface area (Å²) in [6, 6.07) is -0.530. The van der Waals surface area contributed by atoms with Crippen molar-refractivity contribution >= 4 is 5.91 Å². The molecule has 0 bridgehead atoms. The lowest BCUT2D eigenvalue weighted by atomic mass is 10.2. The summed E-state index contributed by atoms with van der Waals surface area (Å²) in [5.41, 5.74) is 10.6. The maximum Gasteiger partial charge on any atom is 0.235 e. The van der Waals surface area contributed by atoms with E-state index >= 15 is 0 Å². The van der Waals surface area contributed by atoms with Crippen LogP contribution in [0.25, 0.3) is 0 Å². The van der Waals surface area contributed by atoms with Crippen molar-refractivity contribution in [2.24, 2.45) is 11.5 Å². The first-order valence-electron chi connectivity index (χ1n) is 4.89. The predicted molar refractivity (Wildman–Crippen MR) is 54.2 cm³/mol. The zero-order chi connectivity index (χ0) is 10.3. The molecule has 1 unspecified atom stereocenters. The molecule has 0 fully saturated rings. The molecule has 0 spiro atoms. The molecule has 0 aromatic heterocycles. The maximum absolute atomic E-state index is 10.7. The van der Waals surface area contributed by atoms with E-state index in [0.717, 1.165) is 25.9 Å². The van der Waals surface area contributed by atoms with Crippen molar-refractivity contribution in [3.8, 4) is 0 Å². The highest BCUT2D eigenvalue weighted by Gasteiger charge is 2.13. The van der Waals surface area contributed by atoms with Gasteiger partial charge in [0.2, 0.25) is 5.91 Å². The Morgan fingerprint density at radius 1 is 1.31 bits per heavy atom. The van der Waals surface area contributed by atoms with Crippen LogP contribution < -0.4 is 11.5 Å². The summed E-state index contributed by atoms with van der Waals surface area (Å²) in [6.45, 7) is 6.76. The molecule has 0 saturated heterocycles. The minimum absolute atomic E-state index is 0.419. The second kappa shape index (κ2) is 6.86. The zero-order valence-corrected chi connectivity index (χ0v) is 8.62. The number of amides is 1. The van der Waals surface area contributed by atoms with E-state index in [9.17, 15) is 4.79 Å². The highest BCUT2D eigenvalue weighted by Crippen LogP contribution is 1.95. The topological polar surface area (TPSA) is 72.3 Å². The molecular formula is C9H21N3O. The number of carbonyl (C=O) groups is 1. The molecule has 78 valence electrons. The molecule has 0 aliphatic carbocycles. The first-order valence-corrected chi connectivity index (χ1v) is 4.89. The molecule has 0 saturated carbocycles. The van der Waals surface area contributed by atoms with Gasteiger partial charge in [-0.05, 0) is 25.9 Å². The Labute approximate surface area is 80.3 Å². The van der Waals surface area contributed by atoms with E-state index in [1.54, 1.807) is 0 Å². The third kappa shape index (κ3) is 5.60. The van der Waals surface area contributed by atoms with Gasteiger partial charge in [-0.2, -0.15) is 0 Å². The zero-order valence-electron chi connectivity index (χ0n) is 8.62. The molecule has 0 aliphatic rings. The van der Waals surface area contributed by atoms with E-state index in [0.29, 0.717) is 6.54 Å². The van der Waals surface area contributed by atoms with Gasteiger partial charge in [0.15, 0.2) is 0 Å². The summed E-state index contributed by atoms with van der Waals surface area (Å²) in [5, 5.41) is 0. The molecule has 4 N–H and O–H groups in total. The normalized spacial score (nSPS) is 13.2. The van der Waals surface area contributed by atoms with Crippen molar-refractivity contribution in [2.75, 3.05) is 19.6 Å². The number of nitrogens with zero attached hydrogens (tertiary/aromatic N) is 1. The number of hydrogen-bond donors (Lipinski definition) is 2. The van der Waals surface area contributed by atoms with E-state index in [1.165, 1.54) is 0 Å². The van der Waals surface area contributed by atoms with Crippen LogP contribution in [0.3, 0.4) is 0 Å². The number of hydrogen-bond acceptors (Lipinski definition) is 3. The van der Waals surface area contributed by atoms with Gasteiger partial charge in [0.05, 0.1) is 6.04 Å². The molecule has 0 aromatic rings. The van der Waals surface area contributed by atoms with Gasteiger partial charge in [-0.1, -0.05) is 13.8 Å². The summed E-state index contributed by atoms with van der Waals surface area (Å²) < 4.78 is 0. The van der Waals surface area contributed by atoms with Crippen LogP contribution in [-0.4, -0.2) is 36.5 Å². The fourth-order valence-electron chi connectivity index (χ4n) is 1.29. The molecule has 0 radical (unpaired) electrons. The SMILES string of the molecule is CCCN(CCC)CC(N)C(N)=O. The molecule has 1 atom stereocenters. The van der Waals surface area contributed by atoms with Crippen molar-refractivity contribution in [2.45, 2.75) is 32.7 Å². The van der Waals surface area contributed by atoms with Crippen LogP contribution in [0.15, 0.2) is 0 Å². The molecule has 0 aliphatic heterocycles. The monoisotopic (exact) mass is 187 g/mol. The summed E-state index contributed by atoms with van der Waals surface area (Å²) in [7, 11) is 0. The number of primary amides is 1. The van der Waals surface area contributed by atoms with Crippen LogP contribution in [0, 0.1) is 0 Å². The lowest BCUT2D eigenvalue weighted by molar-refractivity contribution is -0.119. The van der Waals surface area contributed by atoms with Crippen LogP contribution in [0.4, 0.5) is 0 Å². The van der Waals surface area contributed by atoms with Crippen LogP contribution in [0.1, 0.15) is 26.7 Å². The lowest BCUT2D eigenvalue weighted by Crippen LogP contribution is -2.46. The van der Waals surface area contributed by atoms with Gasteiger partial charge in [-0.3, -0.25) is 4.79 Å². The molecule has 13 heavy (non-hydrogen) atoms. The van der Waals surface area contributed by atoms with Gasteiger partial charge in [0, 0.05) is 6.54 Å². The fourth-order valence-corrected chi connectivity index (χ4v) is 1.29. The van der Waals surface area contributed by atoms with Crippen molar-refractivity contribution in [3.63, 3.8) is 0 Å². The minimum atomic E-state index is -0.530. The van der Waals surface area contributed by atoms with Gasteiger partial charge in [-0.25, -0.2) is 0 Å². The van der Waals surface area contributed by atoms with E-state index in [-0.39, 0.29) is 0 Å². The predicted octanol–water partition coefficient (Wildman–Crippen LogP) is -0.0790. The average Bonchev–Trinajstić information content (AvgIpc) is 2.05. The Kier molecular flexibility index (Phi) is 6.54. The van der Waals surface area contributed by atoms with E-state index in [1.807, 2.05) is 0 Å². The van der Waals surface area contributed by atoms with Gasteiger partial charge >= 0.3 is 0 Å². The van der Waals surface area contributed by atoms with Gasteiger partial charge < -0.3 is 16.4 Å². The van der Waals surface area contributed by atoms with Crippen LogP contribution in [0.2, 0.25) is 0 Å². The average molecular weight is 187 g/mol. The summed E-state index contributed by atoms with van der Waals surface area (Å²) in [4.78, 5) is 12.9. The van der Waals surface area contributed by atoms with Crippen molar-refractivity contribution < 1.29 is 4.79 Å². The van der Waals surface area contributed by atoms with E-state index in [2.05, 4.69) is 18.7 Å². The Morgan fingerprint density at radius 2 is 1.77 bits per heavy atom. The van der Waals surface area contributed by atoms with Gasteiger partial charge in [-0.15, -0.1) is 0 Å². The Bertz CT molecular complexity index is 144. The second-order valence-corrected chi connectivity index (χ2v) is 3.31. The van der Waals surface area contributed by atoms with Crippen LogP contribution >= 0.6 is 0 Å². The largest absolute Gasteiger partial charge is 0.368 e. The third-order valence-corrected chi connectivity index (χ3v) is 1.90. The van der Waals surface area contributed by atoms with E-state index in [4.69, 9.17) is 11.5 Å². The Balaban J connectivity index is 3.85. The summed E-state index contributed by atoms with van der Waals surface area (Å²) in [5.74, 6) is -0.419. The van der Waals surface area contributed by atoms with Crippen LogP contribution in [0.5, 0.6) is 0 Å². The quantitative estimate of drug-likeness (QED) is 0.585. The number of nitrogens with two attached hydrogens (primary N) is 2. The smallest absolute Gasteiger partial charge is 0.235 e. The lowest BCUT2D eigenvalue weighted by Gasteiger charge is -2.22. The highest BCUT2D eigenvalue weighted by atomic mass is 16.1. The van der Waals surface area contributed by atoms with Crippen LogP contribution in [-0.2, 0) is 4.79 Å². The summed E-state index contributed by atoms with van der Waals surface area (Å²) in [6.07, 6.45) is 2.15. The minimum Gasteiger partial charge on any atom is -0.368 e. The third-order valence-electron chi connectivity index (χ3n) is 1.90. The Hall–Kier alpha value is -0.610. The fraction of sp³-hybridized carbons (Fsp3) is 0.889. The molecule has 0 aromatic carbocycles. The standard InChI is InChI=1S/C9H21N3O/c1-3-5-12(6-4-2)7-8(10)9(11)13/h8H,3-7,10H2,1-2H3,(H2,11,13). The molecule has 4 nitrogen and oxygen atoms in total. The molecule has 4 heteroatoms. The van der Waals surface area contributed by atoms with Gasteiger partial charge in [0.25, 0.3) is 0 Å². The summed E-state index contributed by atoms with van der Waals surface area (Å²) >= 11 is 0. The molecular weight excluding hydrogens is 166 g/mol. The van der Waals surface area contributed by atoms with E-state index < -0.39 is 11.9 Å². The molecule has 0 rings (SSSR count). The van der Waals surface area contributed by atoms with Crippen molar-refractivity contribution in [1.29, 1.82) is 0 Å². The first-order chi connectivity index (χ1) is 6.11. The molecule has 1 amide bonds. The number of carbonyl (C=O) groups excluding carboxylic acids is 1. The first kappa shape index (κ1) is 12.4. The second-order valence-electron chi connectivity index (χ2n) is 3.31. The highest BCUT2D eigenvalue weighted by molar-refractivity contribution is 5.79. The number of rotatable bonds is 7. The Morgan fingerprint density at radius 3 is 2.08 bits per heavy atom. The van der Waals surface area contributed by atoms with Crippen molar-refractivity contribution in [3.05, 3.63) is 0 Å².